The maximum Gasteiger partial charge on any atom is 0.180 e. The zero-order chi connectivity index (χ0) is 10.3. The topological polar surface area (TPSA) is 34.9 Å². The highest BCUT2D eigenvalue weighted by Gasteiger charge is 2.14. The number of hydrogen-bond acceptors (Lipinski definition) is 2. The van der Waals surface area contributed by atoms with Crippen molar-refractivity contribution < 1.29 is 4.79 Å². The van der Waals surface area contributed by atoms with E-state index in [1.165, 1.54) is 6.92 Å². The molecule has 0 saturated heterocycles. The Hall–Kier alpha value is -1.16. The molecule has 0 atom stereocenters. The summed E-state index contributed by atoms with van der Waals surface area (Å²) >= 11 is 3.42. The molecule has 0 fully saturated rings. The predicted molar refractivity (Wildman–Crippen MR) is 58.4 cm³/mol. The van der Waals surface area contributed by atoms with Crippen molar-refractivity contribution in [3.8, 4) is 0 Å². The largest absolute Gasteiger partial charge is 0.293 e. The van der Waals surface area contributed by atoms with E-state index in [1.807, 2.05) is 25.2 Å². The highest BCUT2D eigenvalue weighted by atomic mass is 79.9. The van der Waals surface area contributed by atoms with Gasteiger partial charge in [-0.05, 0) is 12.1 Å². The molecule has 0 N–H and O–H groups in total. The van der Waals surface area contributed by atoms with Gasteiger partial charge < -0.3 is 0 Å². The summed E-state index contributed by atoms with van der Waals surface area (Å²) in [6, 6.07) is 5.79. The van der Waals surface area contributed by atoms with Crippen LogP contribution in [0.3, 0.4) is 0 Å². The second kappa shape index (κ2) is 3.20. The second-order valence-electron chi connectivity index (χ2n) is 3.16. The average Bonchev–Trinajstić information content (AvgIpc) is 2.46. The zero-order valence-corrected chi connectivity index (χ0v) is 9.50. The van der Waals surface area contributed by atoms with E-state index in [-0.39, 0.29) is 5.78 Å². The molecule has 3 nitrogen and oxygen atoms in total. The number of carbonyl (C=O) groups is 1. The molecule has 0 bridgehead atoms. The van der Waals surface area contributed by atoms with E-state index in [1.54, 1.807) is 4.68 Å². The highest BCUT2D eigenvalue weighted by Crippen LogP contribution is 2.26. The van der Waals surface area contributed by atoms with Crippen LogP contribution in [0.5, 0.6) is 0 Å². The Balaban J connectivity index is 2.93. The summed E-state index contributed by atoms with van der Waals surface area (Å²) in [4.78, 5) is 11.3. The molecule has 0 unspecified atom stereocenters. The molecule has 0 aliphatic rings. The van der Waals surface area contributed by atoms with E-state index >= 15 is 0 Å². The highest BCUT2D eigenvalue weighted by molar-refractivity contribution is 9.10. The van der Waals surface area contributed by atoms with Crippen LogP contribution >= 0.6 is 15.9 Å². The molecule has 2 aromatic rings. The molecule has 0 saturated carbocycles. The molecule has 0 amide bonds. The number of rotatable bonds is 1. The maximum absolute atomic E-state index is 11.3. The second-order valence-corrected chi connectivity index (χ2v) is 4.02. The van der Waals surface area contributed by atoms with Crippen LogP contribution in [0.1, 0.15) is 17.4 Å². The summed E-state index contributed by atoms with van der Waals surface area (Å²) in [5.41, 5.74) is 1.49. The molecule has 1 aromatic heterocycles. The summed E-state index contributed by atoms with van der Waals surface area (Å²) in [5.74, 6) is -0.0116. The number of hydrogen-bond donors (Lipinski definition) is 0. The van der Waals surface area contributed by atoms with E-state index in [0.717, 1.165) is 15.4 Å². The van der Waals surface area contributed by atoms with Crippen molar-refractivity contribution in [2.45, 2.75) is 6.92 Å². The lowest BCUT2D eigenvalue weighted by Crippen LogP contribution is -1.96. The van der Waals surface area contributed by atoms with Crippen LogP contribution in [0, 0.1) is 0 Å². The van der Waals surface area contributed by atoms with E-state index in [9.17, 15) is 4.79 Å². The van der Waals surface area contributed by atoms with E-state index in [2.05, 4.69) is 21.0 Å². The Morgan fingerprint density at radius 1 is 1.50 bits per heavy atom. The number of fused-ring (bicyclic) bond motifs is 1. The third kappa shape index (κ3) is 1.26. The molecular formula is C10H9BrN2O. The van der Waals surface area contributed by atoms with Crippen molar-refractivity contribution >= 4 is 32.6 Å². The normalized spacial score (nSPS) is 10.8. The van der Waals surface area contributed by atoms with Gasteiger partial charge in [-0.2, -0.15) is 5.10 Å². The van der Waals surface area contributed by atoms with Crippen LogP contribution in [-0.4, -0.2) is 15.6 Å². The van der Waals surface area contributed by atoms with Crippen molar-refractivity contribution in [2.75, 3.05) is 0 Å². The smallest absolute Gasteiger partial charge is 0.180 e. The van der Waals surface area contributed by atoms with Crippen molar-refractivity contribution in [3.63, 3.8) is 0 Å². The Morgan fingerprint density at radius 2 is 2.21 bits per heavy atom. The fourth-order valence-corrected chi connectivity index (χ4v) is 2.06. The zero-order valence-electron chi connectivity index (χ0n) is 7.91. The molecule has 0 aliphatic heterocycles. The Kier molecular flexibility index (Phi) is 2.15. The Labute approximate surface area is 89.8 Å². The van der Waals surface area contributed by atoms with Crippen molar-refractivity contribution in [1.29, 1.82) is 0 Å². The van der Waals surface area contributed by atoms with E-state index in [0.29, 0.717) is 5.69 Å². The van der Waals surface area contributed by atoms with Gasteiger partial charge in [-0.15, -0.1) is 0 Å². The van der Waals surface area contributed by atoms with Gasteiger partial charge in [0, 0.05) is 23.8 Å². The van der Waals surface area contributed by atoms with E-state index < -0.39 is 0 Å². The average molecular weight is 253 g/mol. The van der Waals surface area contributed by atoms with Crippen molar-refractivity contribution in [1.82, 2.24) is 9.78 Å². The summed E-state index contributed by atoms with van der Waals surface area (Å²) in [5, 5.41) is 5.08. The van der Waals surface area contributed by atoms with Crippen LogP contribution < -0.4 is 0 Å². The van der Waals surface area contributed by atoms with Crippen LogP contribution in [0.4, 0.5) is 0 Å². The number of aromatic nitrogens is 2. The molecule has 0 radical (unpaired) electrons. The van der Waals surface area contributed by atoms with Gasteiger partial charge in [0.25, 0.3) is 0 Å². The molecule has 0 spiro atoms. The number of ketones is 1. The lowest BCUT2D eigenvalue weighted by atomic mass is 10.2. The van der Waals surface area contributed by atoms with Crippen LogP contribution in [0.25, 0.3) is 10.9 Å². The van der Waals surface area contributed by atoms with Gasteiger partial charge in [0.1, 0.15) is 5.69 Å². The minimum absolute atomic E-state index is 0.0116. The van der Waals surface area contributed by atoms with Gasteiger partial charge in [-0.25, -0.2) is 0 Å². The monoisotopic (exact) mass is 252 g/mol. The molecule has 1 aromatic carbocycles. The molecule has 2 rings (SSSR count). The third-order valence-electron chi connectivity index (χ3n) is 2.16. The fraction of sp³-hybridized carbons (Fsp3) is 0.200. The summed E-state index contributed by atoms with van der Waals surface area (Å²) in [6.45, 7) is 1.53. The van der Waals surface area contributed by atoms with Gasteiger partial charge in [-0.3, -0.25) is 9.48 Å². The molecule has 4 heteroatoms. The van der Waals surface area contributed by atoms with Gasteiger partial charge in [-0.1, -0.05) is 22.0 Å². The first kappa shape index (κ1) is 9.40. The SMILES string of the molecule is CC(=O)c1nn(C)c2cccc(Br)c12. The van der Waals surface area contributed by atoms with Crippen molar-refractivity contribution in [3.05, 3.63) is 28.4 Å². The maximum atomic E-state index is 11.3. The van der Waals surface area contributed by atoms with Crippen LogP contribution in [0.2, 0.25) is 0 Å². The quantitative estimate of drug-likeness (QED) is 0.732. The fourth-order valence-electron chi connectivity index (χ4n) is 1.52. The van der Waals surface area contributed by atoms with E-state index in [4.69, 9.17) is 0 Å². The Bertz CT molecular complexity index is 516. The number of carbonyl (C=O) groups excluding carboxylic acids is 1. The van der Waals surface area contributed by atoms with Gasteiger partial charge in [0.15, 0.2) is 5.78 Å². The molecule has 14 heavy (non-hydrogen) atoms. The first-order valence-electron chi connectivity index (χ1n) is 4.23. The van der Waals surface area contributed by atoms with Gasteiger partial charge in [0.2, 0.25) is 0 Å². The first-order chi connectivity index (χ1) is 6.61. The summed E-state index contributed by atoms with van der Waals surface area (Å²) in [7, 11) is 1.83. The lowest BCUT2D eigenvalue weighted by molar-refractivity contribution is 0.101. The molecule has 0 aliphatic carbocycles. The lowest BCUT2D eigenvalue weighted by Gasteiger charge is -1.95. The summed E-state index contributed by atoms with van der Waals surface area (Å²) < 4.78 is 2.63. The minimum Gasteiger partial charge on any atom is -0.293 e. The van der Waals surface area contributed by atoms with Crippen LogP contribution in [-0.2, 0) is 7.05 Å². The molecular weight excluding hydrogens is 244 g/mol. The van der Waals surface area contributed by atoms with Crippen molar-refractivity contribution in [2.24, 2.45) is 7.05 Å². The first-order valence-corrected chi connectivity index (χ1v) is 5.02. The number of nitrogens with zero attached hydrogens (tertiary/aromatic N) is 2. The predicted octanol–water partition coefficient (Wildman–Crippen LogP) is 2.54. The Morgan fingerprint density at radius 3 is 2.86 bits per heavy atom. The number of aryl methyl sites for hydroxylation is 1. The molecule has 72 valence electrons. The standard InChI is InChI=1S/C10H9BrN2O/c1-6(14)10-9-7(11)4-3-5-8(9)13(2)12-10/h3-5H,1-2H3. The number of benzene rings is 1. The van der Waals surface area contributed by atoms with Gasteiger partial charge >= 0.3 is 0 Å². The van der Waals surface area contributed by atoms with Crippen LogP contribution in [0.15, 0.2) is 22.7 Å². The summed E-state index contributed by atoms with van der Waals surface area (Å²) in [6.07, 6.45) is 0. The third-order valence-corrected chi connectivity index (χ3v) is 2.82. The number of Topliss-reactive ketones (excluding diaryl/α,β-unsaturated/α-hetero) is 1. The minimum atomic E-state index is -0.0116. The number of halogens is 1. The van der Waals surface area contributed by atoms with Gasteiger partial charge in [0.05, 0.1) is 5.52 Å². The molecule has 1 heterocycles.